The van der Waals surface area contributed by atoms with Crippen molar-refractivity contribution < 1.29 is 12.8 Å². The Bertz CT molecular complexity index is 1110. The Morgan fingerprint density at radius 1 is 0.926 bits per heavy atom. The van der Waals surface area contributed by atoms with Crippen LogP contribution in [0.25, 0.3) is 11.3 Å². The van der Waals surface area contributed by atoms with Gasteiger partial charge < -0.3 is 0 Å². The maximum absolute atomic E-state index is 12.9. The van der Waals surface area contributed by atoms with Crippen LogP contribution in [-0.4, -0.2) is 23.6 Å². The lowest BCUT2D eigenvalue weighted by atomic mass is 10.1. The smallest absolute Gasteiger partial charge is 0.180 e. The average molecular weight is 380 g/mol. The highest BCUT2D eigenvalue weighted by Crippen LogP contribution is 2.21. The zero-order chi connectivity index (χ0) is 19.4. The SMILES string of the molecule is CC(C)S(=O)(=O)c1ccc(-c2cncc(C#Cc3ccc(F)cc3)n2)cc1. The van der Waals surface area contributed by atoms with Crippen LogP contribution in [0.4, 0.5) is 4.39 Å². The third-order valence-electron chi connectivity index (χ3n) is 3.91. The van der Waals surface area contributed by atoms with E-state index < -0.39 is 15.1 Å². The number of halogens is 1. The summed E-state index contributed by atoms with van der Waals surface area (Å²) in [6.45, 7) is 3.30. The van der Waals surface area contributed by atoms with Gasteiger partial charge in [-0.3, -0.25) is 4.98 Å². The van der Waals surface area contributed by atoms with Crippen LogP contribution >= 0.6 is 0 Å². The summed E-state index contributed by atoms with van der Waals surface area (Å²) >= 11 is 0. The van der Waals surface area contributed by atoms with Gasteiger partial charge >= 0.3 is 0 Å². The van der Waals surface area contributed by atoms with Gasteiger partial charge in [-0.05, 0) is 56.2 Å². The van der Waals surface area contributed by atoms with Crippen molar-refractivity contribution in [2.24, 2.45) is 0 Å². The third-order valence-corrected chi connectivity index (χ3v) is 6.08. The Morgan fingerprint density at radius 3 is 2.22 bits per heavy atom. The Labute approximate surface area is 158 Å². The molecule has 0 amide bonds. The summed E-state index contributed by atoms with van der Waals surface area (Å²) in [7, 11) is -3.31. The second kappa shape index (κ2) is 7.68. The van der Waals surface area contributed by atoms with Crippen molar-refractivity contribution in [1.29, 1.82) is 0 Å². The lowest BCUT2D eigenvalue weighted by Crippen LogP contribution is -2.13. The zero-order valence-electron chi connectivity index (χ0n) is 14.8. The van der Waals surface area contributed by atoms with Crippen LogP contribution < -0.4 is 0 Å². The van der Waals surface area contributed by atoms with E-state index in [0.717, 1.165) is 5.56 Å². The molecule has 0 aliphatic heterocycles. The van der Waals surface area contributed by atoms with Gasteiger partial charge in [0.2, 0.25) is 0 Å². The Morgan fingerprint density at radius 2 is 1.59 bits per heavy atom. The first kappa shape index (κ1) is 18.7. The second-order valence-electron chi connectivity index (χ2n) is 6.16. The maximum atomic E-state index is 12.9. The first-order chi connectivity index (χ1) is 12.9. The van der Waals surface area contributed by atoms with Crippen LogP contribution in [0.2, 0.25) is 0 Å². The summed E-state index contributed by atoms with van der Waals surface area (Å²) < 4.78 is 37.3. The molecule has 3 rings (SSSR count). The molecule has 0 fully saturated rings. The van der Waals surface area contributed by atoms with E-state index in [-0.39, 0.29) is 10.7 Å². The summed E-state index contributed by atoms with van der Waals surface area (Å²) in [5.74, 6) is 5.49. The van der Waals surface area contributed by atoms with Crippen LogP contribution in [0.1, 0.15) is 25.1 Å². The van der Waals surface area contributed by atoms with E-state index in [4.69, 9.17) is 0 Å². The molecule has 1 aromatic heterocycles. The van der Waals surface area contributed by atoms with E-state index in [1.807, 2.05) is 0 Å². The number of benzene rings is 2. The largest absolute Gasteiger partial charge is 0.259 e. The van der Waals surface area contributed by atoms with Crippen LogP contribution in [0, 0.1) is 17.7 Å². The van der Waals surface area contributed by atoms with Gasteiger partial charge in [0.1, 0.15) is 11.5 Å². The molecule has 2 aromatic carbocycles. The summed E-state index contributed by atoms with van der Waals surface area (Å²) in [6, 6.07) is 12.4. The van der Waals surface area contributed by atoms with E-state index in [0.29, 0.717) is 17.0 Å². The molecule has 6 heteroatoms. The van der Waals surface area contributed by atoms with Crippen molar-refractivity contribution in [3.8, 4) is 23.1 Å². The van der Waals surface area contributed by atoms with Crippen LogP contribution in [0.5, 0.6) is 0 Å². The van der Waals surface area contributed by atoms with E-state index in [1.165, 1.54) is 18.3 Å². The standard InChI is InChI=1S/C21H17FN2O2S/c1-15(2)27(25,26)20-11-6-17(7-12-20)21-14-23-13-19(24-21)10-5-16-3-8-18(22)9-4-16/h3-4,6-9,11-15H,1-2H3. The molecule has 0 aliphatic carbocycles. The number of hydrogen-bond donors (Lipinski definition) is 0. The summed E-state index contributed by atoms with van der Waals surface area (Å²) in [5, 5.41) is -0.479. The monoisotopic (exact) mass is 380 g/mol. The van der Waals surface area contributed by atoms with Crippen LogP contribution in [-0.2, 0) is 9.84 Å². The molecule has 0 bridgehead atoms. The summed E-state index contributed by atoms with van der Waals surface area (Å²) in [5.41, 5.74) is 2.48. The maximum Gasteiger partial charge on any atom is 0.180 e. The molecule has 0 spiro atoms. The van der Waals surface area contributed by atoms with Crippen molar-refractivity contribution in [2.45, 2.75) is 24.0 Å². The third kappa shape index (κ3) is 4.39. The van der Waals surface area contributed by atoms with Crippen molar-refractivity contribution in [3.63, 3.8) is 0 Å². The van der Waals surface area contributed by atoms with Gasteiger partial charge in [-0.15, -0.1) is 0 Å². The molecule has 4 nitrogen and oxygen atoms in total. The topological polar surface area (TPSA) is 59.9 Å². The molecule has 136 valence electrons. The van der Waals surface area contributed by atoms with Crippen LogP contribution in [0.3, 0.4) is 0 Å². The molecule has 0 saturated carbocycles. The van der Waals surface area contributed by atoms with Gasteiger partial charge in [0, 0.05) is 11.1 Å². The predicted octanol–water partition coefficient (Wildman–Crippen LogP) is 3.86. The molecule has 0 saturated heterocycles. The molecule has 0 N–H and O–H groups in total. The molecule has 0 atom stereocenters. The summed E-state index contributed by atoms with van der Waals surface area (Å²) in [4.78, 5) is 8.87. The lowest BCUT2D eigenvalue weighted by molar-refractivity contribution is 0.587. The predicted molar refractivity (Wildman–Crippen MR) is 102 cm³/mol. The molecule has 0 unspecified atom stereocenters. The van der Waals surface area contributed by atoms with Crippen molar-refractivity contribution in [3.05, 3.63) is 78.0 Å². The van der Waals surface area contributed by atoms with Crippen molar-refractivity contribution >= 4 is 9.84 Å². The van der Waals surface area contributed by atoms with E-state index >= 15 is 0 Å². The number of sulfone groups is 1. The molecular weight excluding hydrogens is 363 g/mol. The van der Waals surface area contributed by atoms with Gasteiger partial charge in [0.25, 0.3) is 0 Å². The van der Waals surface area contributed by atoms with Gasteiger partial charge in [0.05, 0.1) is 28.2 Å². The van der Waals surface area contributed by atoms with Gasteiger partial charge in [-0.25, -0.2) is 17.8 Å². The zero-order valence-corrected chi connectivity index (χ0v) is 15.7. The van der Waals surface area contributed by atoms with Gasteiger partial charge in [0.15, 0.2) is 9.84 Å². The van der Waals surface area contributed by atoms with Gasteiger partial charge in [-0.1, -0.05) is 18.1 Å². The molecule has 27 heavy (non-hydrogen) atoms. The quantitative estimate of drug-likeness (QED) is 0.648. The van der Waals surface area contributed by atoms with Crippen LogP contribution in [0.15, 0.2) is 65.8 Å². The van der Waals surface area contributed by atoms with Gasteiger partial charge in [-0.2, -0.15) is 0 Å². The Kier molecular flexibility index (Phi) is 5.33. The fourth-order valence-corrected chi connectivity index (χ4v) is 3.38. The van der Waals surface area contributed by atoms with E-state index in [1.54, 1.807) is 56.4 Å². The average Bonchev–Trinajstić information content (AvgIpc) is 2.68. The Balaban J connectivity index is 1.87. The molecule has 1 heterocycles. The minimum atomic E-state index is -3.31. The fourth-order valence-electron chi connectivity index (χ4n) is 2.32. The number of nitrogens with zero attached hydrogens (tertiary/aromatic N) is 2. The van der Waals surface area contributed by atoms with E-state index in [2.05, 4.69) is 21.8 Å². The highest BCUT2D eigenvalue weighted by Gasteiger charge is 2.18. The minimum Gasteiger partial charge on any atom is -0.259 e. The first-order valence-corrected chi connectivity index (χ1v) is 9.85. The number of aromatic nitrogens is 2. The normalized spacial score (nSPS) is 11.1. The molecule has 3 aromatic rings. The Hall–Kier alpha value is -3.04. The highest BCUT2D eigenvalue weighted by molar-refractivity contribution is 7.92. The fraction of sp³-hybridized carbons (Fsp3) is 0.143. The molecule has 0 radical (unpaired) electrons. The van der Waals surface area contributed by atoms with Crippen molar-refractivity contribution in [2.75, 3.05) is 0 Å². The molecule has 0 aliphatic rings. The molecular formula is C21H17FN2O2S. The van der Waals surface area contributed by atoms with Crippen molar-refractivity contribution in [1.82, 2.24) is 9.97 Å². The first-order valence-electron chi connectivity index (χ1n) is 8.30. The minimum absolute atomic E-state index is 0.279. The number of hydrogen-bond acceptors (Lipinski definition) is 4. The number of rotatable bonds is 3. The lowest BCUT2D eigenvalue weighted by Gasteiger charge is -2.08. The summed E-state index contributed by atoms with van der Waals surface area (Å²) in [6.07, 6.45) is 3.13. The van der Waals surface area contributed by atoms with E-state index in [9.17, 15) is 12.8 Å². The highest BCUT2D eigenvalue weighted by atomic mass is 32.2. The second-order valence-corrected chi connectivity index (χ2v) is 8.67.